The van der Waals surface area contributed by atoms with Gasteiger partial charge in [-0.15, -0.1) is 11.3 Å². The molecule has 9 heteroatoms. The predicted octanol–water partition coefficient (Wildman–Crippen LogP) is 2.72. The largest absolute Gasteiger partial charge is 0.465 e. The van der Waals surface area contributed by atoms with Gasteiger partial charge in [-0.1, -0.05) is 12.1 Å². The quantitative estimate of drug-likeness (QED) is 0.777. The van der Waals surface area contributed by atoms with Gasteiger partial charge in [0, 0.05) is 6.20 Å². The van der Waals surface area contributed by atoms with Crippen LogP contribution in [0.25, 0.3) is 0 Å². The van der Waals surface area contributed by atoms with E-state index in [1.54, 1.807) is 23.6 Å². The number of allylic oxidation sites excluding steroid dienone is 2. The normalized spacial score (nSPS) is 23.2. The minimum atomic E-state index is -5.03. The van der Waals surface area contributed by atoms with E-state index in [-0.39, 0.29) is 11.7 Å². The summed E-state index contributed by atoms with van der Waals surface area (Å²) in [7, 11) is 0.874. The minimum absolute atomic E-state index is 0.00618. The van der Waals surface area contributed by atoms with Crippen LogP contribution in [0.4, 0.5) is 13.2 Å². The fourth-order valence-corrected chi connectivity index (χ4v) is 2.87. The molecule has 0 saturated carbocycles. The predicted molar refractivity (Wildman–Crippen MR) is 79.2 cm³/mol. The summed E-state index contributed by atoms with van der Waals surface area (Å²) < 4.78 is 45.2. The van der Waals surface area contributed by atoms with Gasteiger partial charge in [0.25, 0.3) is 0 Å². The Balaban J connectivity index is 2.25. The van der Waals surface area contributed by atoms with Crippen molar-refractivity contribution in [3.8, 4) is 0 Å². The van der Waals surface area contributed by atoms with Crippen LogP contribution in [0, 0.1) is 0 Å². The smallest absolute Gasteiger partial charge is 0.445 e. The molecule has 0 unspecified atom stereocenters. The van der Waals surface area contributed by atoms with Gasteiger partial charge in [0.05, 0.1) is 12.0 Å². The van der Waals surface area contributed by atoms with Gasteiger partial charge >= 0.3 is 17.8 Å². The average molecular weight is 341 g/mol. The van der Waals surface area contributed by atoms with Crippen molar-refractivity contribution in [3.05, 3.63) is 46.8 Å². The number of halogens is 3. The van der Waals surface area contributed by atoms with Crippen LogP contribution in [-0.2, 0) is 9.53 Å². The third-order valence-electron chi connectivity index (χ3n) is 3.22. The fraction of sp³-hybridized carbons (Fsp3) is 0.214. The third-order valence-corrected chi connectivity index (χ3v) is 4.08. The first-order chi connectivity index (χ1) is 10.9. The number of rotatable bonds is 2. The topological polar surface area (TPSA) is 54.3 Å². The van der Waals surface area contributed by atoms with Crippen molar-refractivity contribution in [3.63, 3.8) is 0 Å². The minimum Gasteiger partial charge on any atom is -0.465 e. The van der Waals surface area contributed by atoms with Crippen molar-refractivity contribution in [2.75, 3.05) is 7.11 Å². The Hall–Kier alpha value is -2.42. The molecule has 0 spiro atoms. The first kappa shape index (κ1) is 15.5. The first-order valence-electron chi connectivity index (χ1n) is 6.42. The Morgan fingerprint density at radius 1 is 1.35 bits per heavy atom. The molecule has 0 bridgehead atoms. The highest BCUT2D eigenvalue weighted by Crippen LogP contribution is 2.40. The van der Waals surface area contributed by atoms with Crippen LogP contribution in [0.2, 0.25) is 0 Å². The molecule has 0 amide bonds. The molecular formula is C14H10F3N3O2S. The maximum atomic E-state index is 13.6. The van der Waals surface area contributed by atoms with Crippen LogP contribution in [0.3, 0.4) is 0 Å². The van der Waals surface area contributed by atoms with Crippen LogP contribution in [0.15, 0.2) is 51.9 Å². The number of methoxy groups -OCH3 is 1. The second-order valence-electron chi connectivity index (χ2n) is 4.61. The molecule has 0 aromatic carbocycles. The van der Waals surface area contributed by atoms with Crippen molar-refractivity contribution in [1.82, 2.24) is 4.90 Å². The van der Waals surface area contributed by atoms with E-state index in [2.05, 4.69) is 14.7 Å². The molecule has 1 aromatic rings. The molecule has 1 aromatic heterocycles. The molecule has 2 aliphatic rings. The monoisotopic (exact) mass is 341 g/mol. The maximum absolute atomic E-state index is 13.6. The summed E-state index contributed by atoms with van der Waals surface area (Å²) in [6.07, 6.45) is 1.06. The molecule has 0 N–H and O–H groups in total. The lowest BCUT2D eigenvalue weighted by Gasteiger charge is -2.35. The Labute approximate surface area is 133 Å². The van der Waals surface area contributed by atoms with Crippen LogP contribution >= 0.6 is 11.3 Å². The number of thiophene rings is 1. The lowest BCUT2D eigenvalue weighted by molar-refractivity contribution is -0.202. The van der Waals surface area contributed by atoms with Crippen molar-refractivity contribution in [2.45, 2.75) is 11.8 Å². The van der Waals surface area contributed by atoms with Gasteiger partial charge in [-0.05, 0) is 23.6 Å². The molecule has 1 atom stereocenters. The van der Waals surface area contributed by atoms with Crippen molar-refractivity contribution in [2.24, 2.45) is 9.98 Å². The van der Waals surface area contributed by atoms with Gasteiger partial charge in [0.1, 0.15) is 5.84 Å². The maximum Gasteiger partial charge on any atom is 0.445 e. The summed E-state index contributed by atoms with van der Waals surface area (Å²) in [4.78, 5) is 21.0. The number of hydrogen-bond donors (Lipinski definition) is 0. The van der Waals surface area contributed by atoms with E-state index < -0.39 is 17.8 Å². The average Bonchev–Trinajstić information content (AvgIpc) is 3.06. The highest BCUT2D eigenvalue weighted by atomic mass is 32.1. The molecule has 120 valence electrons. The summed E-state index contributed by atoms with van der Waals surface area (Å²) in [6, 6.07) is 3.31. The van der Waals surface area contributed by atoms with Crippen LogP contribution in [-0.4, -0.2) is 41.5 Å². The van der Waals surface area contributed by atoms with Crippen molar-refractivity contribution in [1.29, 1.82) is 0 Å². The molecule has 23 heavy (non-hydrogen) atoms. The Bertz CT molecular complexity index is 750. The lowest BCUT2D eigenvalue weighted by Crippen LogP contribution is -2.55. The van der Waals surface area contributed by atoms with Crippen LogP contribution in [0.5, 0.6) is 0 Å². The van der Waals surface area contributed by atoms with Crippen molar-refractivity contribution >= 4 is 29.0 Å². The van der Waals surface area contributed by atoms with E-state index in [0.717, 1.165) is 7.11 Å². The van der Waals surface area contributed by atoms with Crippen LogP contribution in [0.1, 0.15) is 4.88 Å². The summed E-state index contributed by atoms with van der Waals surface area (Å²) in [5.41, 5.74) is -3.30. The molecular weight excluding hydrogens is 331 g/mol. The molecule has 3 heterocycles. The van der Waals surface area contributed by atoms with E-state index in [4.69, 9.17) is 0 Å². The van der Waals surface area contributed by atoms with Crippen LogP contribution < -0.4 is 0 Å². The third kappa shape index (κ3) is 2.37. The molecule has 3 rings (SSSR count). The molecule has 2 aliphatic heterocycles. The van der Waals surface area contributed by atoms with Gasteiger partial charge in [0.15, 0.2) is 5.84 Å². The zero-order chi connectivity index (χ0) is 16.7. The summed E-state index contributed by atoms with van der Waals surface area (Å²) in [5.74, 6) is -1.61. The number of carbonyl (C=O) groups excluding carboxylic acids is 1. The summed E-state index contributed by atoms with van der Waals surface area (Å²) in [6.45, 7) is 0. The Morgan fingerprint density at radius 3 is 2.74 bits per heavy atom. The number of fused-ring (bicyclic) bond motifs is 1. The highest BCUT2D eigenvalue weighted by Gasteiger charge is 2.64. The van der Waals surface area contributed by atoms with Gasteiger partial charge in [-0.25, -0.2) is 14.8 Å². The number of aliphatic imine (C=N–C) groups is 2. The Morgan fingerprint density at radius 2 is 2.13 bits per heavy atom. The highest BCUT2D eigenvalue weighted by molar-refractivity contribution is 7.12. The van der Waals surface area contributed by atoms with Gasteiger partial charge in [-0.2, -0.15) is 13.2 Å². The second-order valence-corrected chi connectivity index (χ2v) is 5.56. The summed E-state index contributed by atoms with van der Waals surface area (Å²) in [5, 5.41) is 1.71. The zero-order valence-electron chi connectivity index (χ0n) is 11.7. The molecule has 0 radical (unpaired) electrons. The molecule has 0 saturated heterocycles. The first-order valence-corrected chi connectivity index (χ1v) is 7.30. The van der Waals surface area contributed by atoms with E-state index in [1.807, 2.05) is 0 Å². The number of amidine groups is 2. The SMILES string of the molecule is COC(=O)[C@]1(C(F)(F)F)N=C2C=CC=CN2C(c2cccs2)=N1. The lowest BCUT2D eigenvalue weighted by atomic mass is 10.1. The van der Waals surface area contributed by atoms with E-state index in [0.29, 0.717) is 4.88 Å². The second kappa shape index (κ2) is 5.34. The van der Waals surface area contributed by atoms with E-state index in [1.165, 1.54) is 34.6 Å². The van der Waals surface area contributed by atoms with Gasteiger partial charge in [0.2, 0.25) is 0 Å². The number of esters is 1. The summed E-state index contributed by atoms with van der Waals surface area (Å²) >= 11 is 1.21. The number of alkyl halides is 3. The van der Waals surface area contributed by atoms with Crippen molar-refractivity contribution < 1.29 is 22.7 Å². The standard InChI is InChI=1S/C14H10F3N3O2S/c1-22-12(21)13(14(15,16)17)18-10-6-2-3-7-20(10)11(19-13)9-5-4-8-23-9/h2-8H,1H3/t13-/m0/s1. The number of hydrogen-bond acceptors (Lipinski definition) is 6. The zero-order valence-corrected chi connectivity index (χ0v) is 12.6. The Kier molecular flexibility index (Phi) is 3.59. The number of carbonyl (C=O) groups is 1. The molecule has 0 aliphatic carbocycles. The van der Waals surface area contributed by atoms with Gasteiger partial charge in [-0.3, -0.25) is 4.90 Å². The molecule has 0 fully saturated rings. The van der Waals surface area contributed by atoms with E-state index >= 15 is 0 Å². The number of nitrogens with zero attached hydrogens (tertiary/aromatic N) is 3. The number of ether oxygens (including phenoxy) is 1. The van der Waals surface area contributed by atoms with E-state index in [9.17, 15) is 18.0 Å². The van der Waals surface area contributed by atoms with Gasteiger partial charge < -0.3 is 4.74 Å². The fourth-order valence-electron chi connectivity index (χ4n) is 2.16. The molecule has 5 nitrogen and oxygen atoms in total.